The molecule has 2 aromatic carbocycles. The number of amides is 1. The molecular weight excluding hydrogens is 373 g/mol. The van der Waals surface area contributed by atoms with Crippen molar-refractivity contribution in [3.8, 4) is 0 Å². The highest BCUT2D eigenvalue weighted by Gasteiger charge is 2.32. The lowest BCUT2D eigenvalue weighted by atomic mass is 9.92. The van der Waals surface area contributed by atoms with Crippen molar-refractivity contribution in [3.05, 3.63) is 71.8 Å². The van der Waals surface area contributed by atoms with Crippen LogP contribution in [0, 0.1) is 0 Å². The molecule has 0 spiro atoms. The predicted molar refractivity (Wildman–Crippen MR) is 97.7 cm³/mol. The number of hydrogen-bond donors (Lipinski definition) is 2. The number of carboxylic acids is 1. The van der Waals surface area contributed by atoms with Gasteiger partial charge >= 0.3 is 12.1 Å². The third-order valence-corrected chi connectivity index (χ3v) is 4.56. The van der Waals surface area contributed by atoms with E-state index >= 15 is 0 Å². The van der Waals surface area contributed by atoms with Crippen LogP contribution in [0.25, 0.3) is 0 Å². The quantitative estimate of drug-likeness (QED) is 0.780. The summed E-state index contributed by atoms with van der Waals surface area (Å²) in [6, 6.07) is 8.94. The molecule has 1 aliphatic heterocycles. The largest absolute Gasteiger partial charge is 0.478 e. The molecule has 1 atom stereocenters. The summed E-state index contributed by atoms with van der Waals surface area (Å²) in [6.07, 6.45) is -3.05. The first-order chi connectivity index (χ1) is 13.2. The van der Waals surface area contributed by atoms with Gasteiger partial charge in [0.1, 0.15) is 0 Å². The molecule has 0 aromatic heterocycles. The number of rotatable bonds is 4. The van der Waals surface area contributed by atoms with Crippen LogP contribution in [0.2, 0.25) is 0 Å². The number of nitrogens with one attached hydrogen (secondary N) is 1. The molecule has 2 N–H and O–H groups in total. The highest BCUT2D eigenvalue weighted by molar-refractivity contribution is 5.93. The van der Waals surface area contributed by atoms with E-state index in [-0.39, 0.29) is 18.5 Å². The molecule has 0 aliphatic carbocycles. The van der Waals surface area contributed by atoms with Gasteiger partial charge in [-0.1, -0.05) is 12.6 Å². The first-order valence-electron chi connectivity index (χ1n) is 8.43. The molecule has 1 amide bonds. The second kappa shape index (κ2) is 7.38. The van der Waals surface area contributed by atoms with Gasteiger partial charge in [0.2, 0.25) is 5.91 Å². The molecular formula is C20H17F3N2O3. The third kappa shape index (κ3) is 3.85. The molecule has 146 valence electrons. The predicted octanol–water partition coefficient (Wildman–Crippen LogP) is 3.77. The monoisotopic (exact) mass is 390 g/mol. The lowest BCUT2D eigenvalue weighted by Crippen LogP contribution is -2.46. The maximum absolute atomic E-state index is 12.9. The summed E-state index contributed by atoms with van der Waals surface area (Å²) in [7, 11) is 0. The van der Waals surface area contributed by atoms with Crippen molar-refractivity contribution in [3.63, 3.8) is 0 Å². The second-order valence-electron chi connectivity index (χ2n) is 6.38. The van der Waals surface area contributed by atoms with Crippen LogP contribution in [0.1, 0.15) is 21.5 Å². The van der Waals surface area contributed by atoms with Crippen LogP contribution in [-0.4, -0.2) is 29.6 Å². The Morgan fingerprint density at radius 3 is 2.43 bits per heavy atom. The van der Waals surface area contributed by atoms with Crippen LogP contribution in [0.4, 0.5) is 24.5 Å². The van der Waals surface area contributed by atoms with Gasteiger partial charge in [0.15, 0.2) is 0 Å². The van der Waals surface area contributed by atoms with Crippen molar-refractivity contribution in [1.82, 2.24) is 5.32 Å². The number of aromatic carboxylic acids is 1. The van der Waals surface area contributed by atoms with E-state index < -0.39 is 29.7 Å². The minimum atomic E-state index is -4.45. The Bertz CT molecular complexity index is 923. The minimum absolute atomic E-state index is 0.0898. The fourth-order valence-electron chi connectivity index (χ4n) is 3.30. The molecule has 1 unspecified atom stereocenters. The molecule has 0 saturated carbocycles. The van der Waals surface area contributed by atoms with E-state index in [0.29, 0.717) is 16.9 Å². The van der Waals surface area contributed by atoms with E-state index in [1.807, 2.05) is 0 Å². The summed E-state index contributed by atoms with van der Waals surface area (Å²) in [5, 5.41) is 12.2. The Kier molecular flexibility index (Phi) is 5.13. The van der Waals surface area contributed by atoms with Gasteiger partial charge in [0.05, 0.1) is 17.2 Å². The molecule has 0 radical (unpaired) electrons. The van der Waals surface area contributed by atoms with Crippen molar-refractivity contribution in [2.45, 2.75) is 18.6 Å². The molecule has 28 heavy (non-hydrogen) atoms. The standard InChI is InChI=1S/C20H17F3N2O3/c1-2-18(26)24-13-10-16-15(19(27)28)4-3-5-17(16)25(11-13)14-8-6-12(7-9-14)20(21,22)23/h2-9,13H,1,10-11H2,(H,24,26)(H,27,28). The van der Waals surface area contributed by atoms with Crippen molar-refractivity contribution in [1.29, 1.82) is 0 Å². The summed E-state index contributed by atoms with van der Waals surface area (Å²) in [4.78, 5) is 25.0. The van der Waals surface area contributed by atoms with Gasteiger partial charge in [-0.05, 0) is 54.5 Å². The molecule has 0 fully saturated rings. The molecule has 8 heteroatoms. The second-order valence-corrected chi connectivity index (χ2v) is 6.38. The lowest BCUT2D eigenvalue weighted by molar-refractivity contribution is -0.137. The maximum Gasteiger partial charge on any atom is 0.416 e. The van der Waals surface area contributed by atoms with E-state index in [0.717, 1.165) is 18.2 Å². The van der Waals surface area contributed by atoms with Gasteiger partial charge in [0, 0.05) is 17.9 Å². The Labute approximate surface area is 159 Å². The molecule has 0 saturated heterocycles. The van der Waals surface area contributed by atoms with Crippen molar-refractivity contribution in [2.75, 3.05) is 11.4 Å². The van der Waals surface area contributed by atoms with Crippen LogP contribution < -0.4 is 10.2 Å². The van der Waals surface area contributed by atoms with Gasteiger partial charge in [-0.15, -0.1) is 0 Å². The first-order valence-corrected chi connectivity index (χ1v) is 8.43. The normalized spacial score (nSPS) is 16.2. The van der Waals surface area contributed by atoms with Crippen molar-refractivity contribution in [2.24, 2.45) is 0 Å². The SMILES string of the molecule is C=CC(=O)NC1Cc2c(C(=O)O)cccc2N(c2ccc(C(F)(F)F)cc2)C1. The van der Waals surface area contributed by atoms with Gasteiger partial charge in [0.25, 0.3) is 0 Å². The lowest BCUT2D eigenvalue weighted by Gasteiger charge is -2.37. The van der Waals surface area contributed by atoms with Crippen molar-refractivity contribution < 1.29 is 27.9 Å². The molecule has 1 heterocycles. The first kappa shape index (κ1) is 19.5. The van der Waals surface area contributed by atoms with Crippen LogP contribution in [0.3, 0.4) is 0 Å². The number of nitrogens with zero attached hydrogens (tertiary/aromatic N) is 1. The average Bonchev–Trinajstić information content (AvgIpc) is 2.66. The number of carbonyl (C=O) groups excluding carboxylic acids is 1. The summed E-state index contributed by atoms with van der Waals surface area (Å²) in [5.41, 5.74) is 0.879. The fourth-order valence-corrected chi connectivity index (χ4v) is 3.30. The smallest absolute Gasteiger partial charge is 0.416 e. The zero-order valence-corrected chi connectivity index (χ0v) is 14.7. The van der Waals surface area contributed by atoms with Crippen LogP contribution in [0.15, 0.2) is 55.1 Å². The van der Waals surface area contributed by atoms with E-state index in [2.05, 4.69) is 11.9 Å². The number of carbonyl (C=O) groups is 2. The summed E-state index contributed by atoms with van der Waals surface area (Å²) < 4.78 is 38.6. The number of fused-ring (bicyclic) bond motifs is 1. The number of alkyl halides is 3. The van der Waals surface area contributed by atoms with Crippen LogP contribution in [-0.2, 0) is 17.4 Å². The van der Waals surface area contributed by atoms with E-state index in [4.69, 9.17) is 0 Å². The Morgan fingerprint density at radius 1 is 1.18 bits per heavy atom. The zero-order chi connectivity index (χ0) is 20.5. The number of benzene rings is 2. The third-order valence-electron chi connectivity index (χ3n) is 4.56. The minimum Gasteiger partial charge on any atom is -0.478 e. The highest BCUT2D eigenvalue weighted by Crippen LogP contribution is 2.37. The van der Waals surface area contributed by atoms with Crippen LogP contribution >= 0.6 is 0 Å². The maximum atomic E-state index is 12.9. The average molecular weight is 390 g/mol. The van der Waals surface area contributed by atoms with E-state index in [1.165, 1.54) is 18.2 Å². The number of halogens is 3. The van der Waals surface area contributed by atoms with Gasteiger partial charge < -0.3 is 15.3 Å². The molecule has 0 bridgehead atoms. The summed E-state index contributed by atoms with van der Waals surface area (Å²) >= 11 is 0. The number of anilines is 2. The van der Waals surface area contributed by atoms with Gasteiger partial charge in [-0.25, -0.2) is 4.79 Å². The topological polar surface area (TPSA) is 69.6 Å². The summed E-state index contributed by atoms with van der Waals surface area (Å²) in [5.74, 6) is -1.52. The Hall–Kier alpha value is -3.29. The van der Waals surface area contributed by atoms with E-state index in [9.17, 15) is 27.9 Å². The molecule has 1 aliphatic rings. The number of hydrogen-bond acceptors (Lipinski definition) is 3. The Balaban J connectivity index is 2.04. The van der Waals surface area contributed by atoms with Crippen molar-refractivity contribution >= 4 is 23.3 Å². The Morgan fingerprint density at radius 2 is 1.86 bits per heavy atom. The van der Waals surface area contributed by atoms with Crippen LogP contribution in [0.5, 0.6) is 0 Å². The van der Waals surface area contributed by atoms with Gasteiger partial charge in [-0.3, -0.25) is 4.79 Å². The van der Waals surface area contributed by atoms with Gasteiger partial charge in [-0.2, -0.15) is 13.2 Å². The fraction of sp³-hybridized carbons (Fsp3) is 0.200. The zero-order valence-electron chi connectivity index (χ0n) is 14.7. The molecule has 5 nitrogen and oxygen atoms in total. The van der Waals surface area contributed by atoms with E-state index in [1.54, 1.807) is 17.0 Å². The summed E-state index contributed by atoms with van der Waals surface area (Å²) in [6.45, 7) is 3.68. The molecule has 3 rings (SSSR count). The highest BCUT2D eigenvalue weighted by atomic mass is 19.4. The molecule has 2 aromatic rings. The number of carboxylic acid groups (broad SMARTS) is 1.